The zero-order valence-corrected chi connectivity index (χ0v) is 11.1. The lowest BCUT2D eigenvalue weighted by atomic mass is 9.87. The Hall–Kier alpha value is -1.04. The van der Waals surface area contributed by atoms with Gasteiger partial charge in [0.2, 0.25) is 0 Å². The van der Waals surface area contributed by atoms with Crippen molar-refractivity contribution in [1.82, 2.24) is 0 Å². The average Bonchev–Trinajstić information content (AvgIpc) is 2.26. The standard InChI is InChI=1S/C16H24/c1-6-14-10-8-9-13(5)16(14)11-15(7-2)12(3)4/h8-10,15H,3,6-7,11H2,1-2,4-5H3/t15-/m1/s1. The number of hydrogen-bond donors (Lipinski definition) is 0. The van der Waals surface area contributed by atoms with Gasteiger partial charge in [0, 0.05) is 0 Å². The summed E-state index contributed by atoms with van der Waals surface area (Å²) in [4.78, 5) is 0. The predicted molar refractivity (Wildman–Crippen MR) is 72.9 cm³/mol. The summed E-state index contributed by atoms with van der Waals surface area (Å²) in [7, 11) is 0. The fourth-order valence-electron chi connectivity index (χ4n) is 2.30. The van der Waals surface area contributed by atoms with Gasteiger partial charge in [0.25, 0.3) is 0 Å². The van der Waals surface area contributed by atoms with Crippen LogP contribution in [-0.2, 0) is 12.8 Å². The SMILES string of the molecule is C=C(C)[C@H](CC)Cc1c(C)cccc1CC. The maximum atomic E-state index is 4.11. The molecule has 0 unspecified atom stereocenters. The Labute approximate surface area is 100 Å². The topological polar surface area (TPSA) is 0 Å². The Morgan fingerprint density at radius 1 is 1.31 bits per heavy atom. The van der Waals surface area contributed by atoms with Gasteiger partial charge in [-0.15, -0.1) is 0 Å². The van der Waals surface area contributed by atoms with E-state index in [-0.39, 0.29) is 0 Å². The molecule has 0 N–H and O–H groups in total. The zero-order chi connectivity index (χ0) is 12.1. The highest BCUT2D eigenvalue weighted by atomic mass is 14.2. The fourth-order valence-corrected chi connectivity index (χ4v) is 2.30. The predicted octanol–water partition coefficient (Wildman–Crippen LogP) is 4.70. The highest BCUT2D eigenvalue weighted by molar-refractivity contribution is 5.35. The second-order valence-corrected chi connectivity index (χ2v) is 4.72. The zero-order valence-electron chi connectivity index (χ0n) is 11.1. The maximum Gasteiger partial charge on any atom is -0.0171 e. The van der Waals surface area contributed by atoms with Crippen molar-refractivity contribution in [2.24, 2.45) is 5.92 Å². The smallest absolute Gasteiger partial charge is 0.0171 e. The normalized spacial score (nSPS) is 12.5. The van der Waals surface area contributed by atoms with Crippen molar-refractivity contribution >= 4 is 0 Å². The van der Waals surface area contributed by atoms with Crippen molar-refractivity contribution in [3.8, 4) is 0 Å². The molecule has 1 atom stereocenters. The van der Waals surface area contributed by atoms with Crippen LogP contribution < -0.4 is 0 Å². The van der Waals surface area contributed by atoms with E-state index in [0.29, 0.717) is 5.92 Å². The van der Waals surface area contributed by atoms with Crippen LogP contribution in [0.2, 0.25) is 0 Å². The van der Waals surface area contributed by atoms with E-state index < -0.39 is 0 Å². The van der Waals surface area contributed by atoms with E-state index in [1.807, 2.05) is 0 Å². The summed E-state index contributed by atoms with van der Waals surface area (Å²) >= 11 is 0. The number of aryl methyl sites for hydroxylation is 2. The van der Waals surface area contributed by atoms with E-state index in [0.717, 1.165) is 12.8 Å². The second-order valence-electron chi connectivity index (χ2n) is 4.72. The van der Waals surface area contributed by atoms with Gasteiger partial charge in [-0.3, -0.25) is 0 Å². The minimum absolute atomic E-state index is 0.631. The molecule has 0 aliphatic carbocycles. The molecule has 1 aromatic carbocycles. The molecule has 0 saturated carbocycles. The molecule has 0 nitrogen and oxygen atoms in total. The summed E-state index contributed by atoms with van der Waals surface area (Å²) in [5, 5.41) is 0. The van der Waals surface area contributed by atoms with Gasteiger partial charge in [-0.2, -0.15) is 0 Å². The summed E-state index contributed by atoms with van der Waals surface area (Å²) in [6.45, 7) is 13.0. The quantitative estimate of drug-likeness (QED) is 0.626. The Kier molecular flexibility index (Phi) is 4.79. The average molecular weight is 216 g/mol. The summed E-state index contributed by atoms with van der Waals surface area (Å²) in [6.07, 6.45) is 3.47. The molecular weight excluding hydrogens is 192 g/mol. The van der Waals surface area contributed by atoms with Crippen molar-refractivity contribution in [1.29, 1.82) is 0 Å². The van der Waals surface area contributed by atoms with Gasteiger partial charge in [0.05, 0.1) is 0 Å². The van der Waals surface area contributed by atoms with E-state index in [1.165, 1.54) is 23.1 Å². The van der Waals surface area contributed by atoms with Crippen LogP contribution in [0.1, 0.15) is 43.9 Å². The minimum Gasteiger partial charge on any atom is -0.0998 e. The van der Waals surface area contributed by atoms with Gasteiger partial charge in [-0.05, 0) is 55.7 Å². The molecule has 0 spiro atoms. The van der Waals surface area contributed by atoms with E-state index >= 15 is 0 Å². The van der Waals surface area contributed by atoms with Crippen LogP contribution in [0.3, 0.4) is 0 Å². The lowest BCUT2D eigenvalue weighted by Gasteiger charge is -2.19. The summed E-state index contributed by atoms with van der Waals surface area (Å²) in [5.74, 6) is 0.631. The van der Waals surface area contributed by atoms with E-state index in [4.69, 9.17) is 0 Å². The van der Waals surface area contributed by atoms with Crippen LogP contribution in [0.5, 0.6) is 0 Å². The van der Waals surface area contributed by atoms with Gasteiger partial charge in [0.1, 0.15) is 0 Å². The number of hydrogen-bond acceptors (Lipinski definition) is 0. The molecule has 16 heavy (non-hydrogen) atoms. The van der Waals surface area contributed by atoms with Gasteiger partial charge in [0.15, 0.2) is 0 Å². The molecule has 0 heterocycles. The first-order valence-electron chi connectivity index (χ1n) is 6.32. The Morgan fingerprint density at radius 2 is 2.00 bits per heavy atom. The Bertz CT molecular complexity index is 360. The summed E-state index contributed by atoms with van der Waals surface area (Å²) in [5.41, 5.74) is 5.78. The molecule has 0 radical (unpaired) electrons. The lowest BCUT2D eigenvalue weighted by molar-refractivity contribution is 0.586. The van der Waals surface area contributed by atoms with Gasteiger partial charge in [-0.1, -0.05) is 44.2 Å². The van der Waals surface area contributed by atoms with Crippen LogP contribution in [0.15, 0.2) is 30.4 Å². The van der Waals surface area contributed by atoms with E-state index in [2.05, 4.69) is 52.5 Å². The fraction of sp³-hybridized carbons (Fsp3) is 0.500. The Balaban J connectivity index is 2.98. The van der Waals surface area contributed by atoms with Crippen molar-refractivity contribution < 1.29 is 0 Å². The molecule has 0 heteroatoms. The van der Waals surface area contributed by atoms with Crippen molar-refractivity contribution in [3.63, 3.8) is 0 Å². The van der Waals surface area contributed by atoms with Crippen LogP contribution in [0.4, 0.5) is 0 Å². The third kappa shape index (κ3) is 2.98. The van der Waals surface area contributed by atoms with Crippen LogP contribution in [-0.4, -0.2) is 0 Å². The van der Waals surface area contributed by atoms with Crippen molar-refractivity contribution in [2.75, 3.05) is 0 Å². The van der Waals surface area contributed by atoms with Crippen molar-refractivity contribution in [2.45, 2.75) is 47.0 Å². The molecule has 0 aliphatic rings. The molecule has 88 valence electrons. The molecule has 0 aliphatic heterocycles. The molecule has 0 fully saturated rings. The van der Waals surface area contributed by atoms with Gasteiger partial charge in [-0.25, -0.2) is 0 Å². The summed E-state index contributed by atoms with van der Waals surface area (Å²) in [6, 6.07) is 6.65. The molecule has 0 aromatic heterocycles. The van der Waals surface area contributed by atoms with Crippen LogP contribution in [0, 0.1) is 12.8 Å². The summed E-state index contributed by atoms with van der Waals surface area (Å²) < 4.78 is 0. The third-order valence-corrected chi connectivity index (χ3v) is 3.53. The molecule has 0 amide bonds. The van der Waals surface area contributed by atoms with Gasteiger partial charge >= 0.3 is 0 Å². The van der Waals surface area contributed by atoms with Crippen LogP contribution >= 0.6 is 0 Å². The van der Waals surface area contributed by atoms with E-state index in [9.17, 15) is 0 Å². The van der Waals surface area contributed by atoms with Crippen molar-refractivity contribution in [3.05, 3.63) is 47.0 Å². The molecular formula is C16H24. The molecule has 0 saturated heterocycles. The molecule has 1 aromatic rings. The third-order valence-electron chi connectivity index (χ3n) is 3.53. The highest BCUT2D eigenvalue weighted by Gasteiger charge is 2.12. The first-order valence-corrected chi connectivity index (χ1v) is 6.32. The monoisotopic (exact) mass is 216 g/mol. The minimum atomic E-state index is 0.631. The van der Waals surface area contributed by atoms with Crippen LogP contribution in [0.25, 0.3) is 0 Å². The second kappa shape index (κ2) is 5.89. The Morgan fingerprint density at radius 3 is 2.50 bits per heavy atom. The number of benzene rings is 1. The number of allylic oxidation sites excluding steroid dienone is 1. The first-order chi connectivity index (χ1) is 7.60. The largest absolute Gasteiger partial charge is 0.0998 e. The van der Waals surface area contributed by atoms with E-state index in [1.54, 1.807) is 5.56 Å². The number of rotatable bonds is 5. The molecule has 1 rings (SSSR count). The highest BCUT2D eigenvalue weighted by Crippen LogP contribution is 2.24. The first kappa shape index (κ1) is 13.0. The lowest BCUT2D eigenvalue weighted by Crippen LogP contribution is -2.07. The molecule has 0 bridgehead atoms. The maximum absolute atomic E-state index is 4.11. The van der Waals surface area contributed by atoms with Gasteiger partial charge < -0.3 is 0 Å².